The van der Waals surface area contributed by atoms with Crippen molar-refractivity contribution in [3.05, 3.63) is 33.9 Å². The zero-order valence-corrected chi connectivity index (χ0v) is 17.6. The standard InChI is InChI=1S/C20H31NO6S/c1-3-4-5-6-7-8-9-10-11-12-15-28(25,26)19-14-13-17(20(22)27-2)16-18(19)21(23)24/h13-14,16H,3-12,15H2,1-2H3. The summed E-state index contributed by atoms with van der Waals surface area (Å²) >= 11 is 0. The van der Waals surface area contributed by atoms with E-state index in [0.717, 1.165) is 44.9 Å². The molecule has 1 aromatic rings. The molecular formula is C20H31NO6S. The fourth-order valence-electron chi connectivity index (χ4n) is 3.06. The smallest absolute Gasteiger partial charge is 0.338 e. The van der Waals surface area contributed by atoms with Crippen LogP contribution in [0, 0.1) is 10.1 Å². The van der Waals surface area contributed by atoms with E-state index < -0.39 is 26.4 Å². The van der Waals surface area contributed by atoms with Crippen molar-refractivity contribution in [2.75, 3.05) is 12.9 Å². The molecule has 0 aliphatic rings. The number of benzene rings is 1. The molecule has 0 fully saturated rings. The van der Waals surface area contributed by atoms with Gasteiger partial charge in [-0.1, -0.05) is 64.7 Å². The zero-order valence-electron chi connectivity index (χ0n) is 16.8. The number of carbonyl (C=O) groups excluding carboxylic acids is 1. The maximum atomic E-state index is 12.5. The molecule has 28 heavy (non-hydrogen) atoms. The van der Waals surface area contributed by atoms with Crippen LogP contribution in [0.4, 0.5) is 5.69 Å². The highest BCUT2D eigenvalue weighted by atomic mass is 32.2. The summed E-state index contributed by atoms with van der Waals surface area (Å²) in [5.74, 6) is -0.885. The lowest BCUT2D eigenvalue weighted by Crippen LogP contribution is -2.11. The van der Waals surface area contributed by atoms with Gasteiger partial charge < -0.3 is 4.74 Å². The van der Waals surface area contributed by atoms with E-state index in [4.69, 9.17) is 0 Å². The molecule has 0 spiro atoms. The summed E-state index contributed by atoms with van der Waals surface area (Å²) < 4.78 is 29.6. The summed E-state index contributed by atoms with van der Waals surface area (Å²) in [6.07, 6.45) is 10.7. The van der Waals surface area contributed by atoms with Crippen molar-refractivity contribution in [2.24, 2.45) is 0 Å². The summed E-state index contributed by atoms with van der Waals surface area (Å²) in [4.78, 5) is 21.7. The molecule has 158 valence electrons. The third-order valence-corrected chi connectivity index (χ3v) is 6.52. The predicted octanol–water partition coefficient (Wildman–Crippen LogP) is 5.08. The van der Waals surface area contributed by atoms with Gasteiger partial charge in [0.05, 0.1) is 23.3 Å². The number of methoxy groups -OCH3 is 1. The van der Waals surface area contributed by atoms with Crippen molar-refractivity contribution in [3.63, 3.8) is 0 Å². The maximum Gasteiger partial charge on any atom is 0.338 e. The molecule has 7 nitrogen and oxygen atoms in total. The summed E-state index contributed by atoms with van der Waals surface area (Å²) in [5, 5.41) is 11.3. The Hall–Kier alpha value is -1.96. The SMILES string of the molecule is CCCCCCCCCCCCS(=O)(=O)c1ccc(C(=O)OC)cc1[N+](=O)[O-]. The first-order valence-corrected chi connectivity index (χ1v) is 11.6. The van der Waals surface area contributed by atoms with Gasteiger partial charge in [-0.15, -0.1) is 0 Å². The van der Waals surface area contributed by atoms with Gasteiger partial charge in [-0.3, -0.25) is 10.1 Å². The predicted molar refractivity (Wildman–Crippen MR) is 108 cm³/mol. The van der Waals surface area contributed by atoms with Gasteiger partial charge in [-0.2, -0.15) is 0 Å². The molecule has 0 aliphatic carbocycles. The van der Waals surface area contributed by atoms with Crippen LogP contribution in [-0.2, 0) is 14.6 Å². The highest BCUT2D eigenvalue weighted by Crippen LogP contribution is 2.27. The van der Waals surface area contributed by atoms with Crippen molar-refractivity contribution >= 4 is 21.5 Å². The molecule has 0 N–H and O–H groups in total. The summed E-state index contributed by atoms with van der Waals surface area (Å²) in [5.41, 5.74) is -0.637. The van der Waals surface area contributed by atoms with E-state index in [1.165, 1.54) is 38.2 Å². The minimum atomic E-state index is -3.79. The van der Waals surface area contributed by atoms with E-state index in [1.807, 2.05) is 0 Å². The number of nitro groups is 1. The first-order chi connectivity index (χ1) is 13.3. The lowest BCUT2D eigenvalue weighted by molar-refractivity contribution is -0.387. The quantitative estimate of drug-likeness (QED) is 0.182. The van der Waals surface area contributed by atoms with Crippen molar-refractivity contribution in [1.29, 1.82) is 0 Å². The molecule has 0 aliphatic heterocycles. The number of unbranched alkanes of at least 4 members (excludes halogenated alkanes) is 9. The van der Waals surface area contributed by atoms with Crippen LogP contribution in [0.5, 0.6) is 0 Å². The fourth-order valence-corrected chi connectivity index (χ4v) is 4.59. The molecule has 0 saturated heterocycles. The molecule has 0 saturated carbocycles. The molecule has 0 radical (unpaired) electrons. The molecule has 0 amide bonds. The molecule has 0 aromatic heterocycles. The average molecular weight is 414 g/mol. The number of hydrogen-bond donors (Lipinski definition) is 0. The third kappa shape index (κ3) is 7.96. The first kappa shape index (κ1) is 24.1. The molecule has 8 heteroatoms. The first-order valence-electron chi connectivity index (χ1n) is 9.93. The van der Waals surface area contributed by atoms with Crippen LogP contribution in [0.3, 0.4) is 0 Å². The van der Waals surface area contributed by atoms with Gasteiger partial charge in [0.15, 0.2) is 9.84 Å². The largest absolute Gasteiger partial charge is 0.465 e. The van der Waals surface area contributed by atoms with E-state index in [9.17, 15) is 23.3 Å². The fraction of sp³-hybridized carbons (Fsp3) is 0.650. The van der Waals surface area contributed by atoms with Gasteiger partial charge in [0.25, 0.3) is 5.69 Å². The minimum absolute atomic E-state index is 0.0490. The van der Waals surface area contributed by atoms with Crippen LogP contribution >= 0.6 is 0 Å². The van der Waals surface area contributed by atoms with Crippen molar-refractivity contribution in [3.8, 4) is 0 Å². The van der Waals surface area contributed by atoms with Gasteiger partial charge in [0.1, 0.15) is 4.90 Å². The number of rotatable bonds is 14. The van der Waals surface area contributed by atoms with Gasteiger partial charge >= 0.3 is 5.97 Å². The molecular weight excluding hydrogens is 382 g/mol. The maximum absolute atomic E-state index is 12.5. The Balaban J connectivity index is 2.54. The summed E-state index contributed by atoms with van der Waals surface area (Å²) in [6.45, 7) is 2.19. The van der Waals surface area contributed by atoms with Crippen LogP contribution in [-0.4, -0.2) is 32.2 Å². The lowest BCUT2D eigenvalue weighted by Gasteiger charge is -2.07. The Morgan fingerprint density at radius 2 is 1.54 bits per heavy atom. The summed E-state index contributed by atoms with van der Waals surface area (Å²) in [7, 11) is -2.63. The van der Waals surface area contributed by atoms with Crippen molar-refractivity contribution < 1.29 is 22.9 Å². The number of sulfone groups is 1. The Kier molecular flexibility index (Phi) is 10.7. The van der Waals surface area contributed by atoms with Gasteiger partial charge in [0.2, 0.25) is 0 Å². The van der Waals surface area contributed by atoms with E-state index in [1.54, 1.807) is 0 Å². The van der Waals surface area contributed by atoms with Crippen LogP contribution in [0.1, 0.15) is 81.5 Å². The monoisotopic (exact) mass is 413 g/mol. The number of ether oxygens (including phenoxy) is 1. The highest BCUT2D eigenvalue weighted by molar-refractivity contribution is 7.91. The second-order valence-corrected chi connectivity index (χ2v) is 9.01. The molecule has 0 bridgehead atoms. The van der Waals surface area contributed by atoms with Crippen molar-refractivity contribution in [1.82, 2.24) is 0 Å². The van der Waals surface area contributed by atoms with E-state index in [-0.39, 0.29) is 16.2 Å². The zero-order chi connectivity index (χ0) is 21.0. The Bertz CT molecular complexity index is 745. The van der Waals surface area contributed by atoms with Gasteiger partial charge in [-0.25, -0.2) is 13.2 Å². The highest BCUT2D eigenvalue weighted by Gasteiger charge is 2.27. The molecule has 1 aromatic carbocycles. The van der Waals surface area contributed by atoms with E-state index in [0.29, 0.717) is 6.42 Å². The molecule has 0 atom stereocenters. The Morgan fingerprint density at radius 3 is 2.04 bits per heavy atom. The molecule has 0 heterocycles. The molecule has 0 unspecified atom stereocenters. The lowest BCUT2D eigenvalue weighted by atomic mass is 10.1. The van der Waals surface area contributed by atoms with Crippen LogP contribution < -0.4 is 0 Å². The number of esters is 1. The third-order valence-electron chi connectivity index (χ3n) is 4.68. The molecule has 1 rings (SSSR count). The Labute approximate surface area is 167 Å². The van der Waals surface area contributed by atoms with Crippen LogP contribution in [0.25, 0.3) is 0 Å². The number of carbonyl (C=O) groups is 1. The van der Waals surface area contributed by atoms with Crippen LogP contribution in [0.2, 0.25) is 0 Å². The number of nitrogens with zero attached hydrogens (tertiary/aromatic N) is 1. The van der Waals surface area contributed by atoms with Gasteiger partial charge in [-0.05, 0) is 18.6 Å². The normalized spacial score (nSPS) is 11.4. The Morgan fingerprint density at radius 1 is 1.00 bits per heavy atom. The average Bonchev–Trinajstić information content (AvgIpc) is 2.68. The second kappa shape index (κ2) is 12.5. The van der Waals surface area contributed by atoms with E-state index in [2.05, 4.69) is 11.7 Å². The second-order valence-electron chi connectivity index (χ2n) is 6.93. The van der Waals surface area contributed by atoms with Gasteiger partial charge in [0, 0.05) is 6.07 Å². The summed E-state index contributed by atoms with van der Waals surface area (Å²) in [6, 6.07) is 3.32. The van der Waals surface area contributed by atoms with Crippen LogP contribution in [0.15, 0.2) is 23.1 Å². The topological polar surface area (TPSA) is 104 Å². The van der Waals surface area contributed by atoms with Crippen molar-refractivity contribution in [2.45, 2.75) is 76.0 Å². The number of hydrogen-bond acceptors (Lipinski definition) is 6. The van der Waals surface area contributed by atoms with E-state index >= 15 is 0 Å². The minimum Gasteiger partial charge on any atom is -0.465 e. The number of nitro benzene ring substituents is 1.